The van der Waals surface area contributed by atoms with E-state index in [0.717, 1.165) is 38.2 Å². The van der Waals surface area contributed by atoms with Gasteiger partial charge in [0.05, 0.1) is 0 Å². The zero-order valence-electron chi connectivity index (χ0n) is 17.1. The Labute approximate surface area is 165 Å². The van der Waals surface area contributed by atoms with Crippen molar-refractivity contribution < 1.29 is 19.1 Å². The van der Waals surface area contributed by atoms with Crippen molar-refractivity contribution in [2.45, 2.75) is 84.0 Å². The van der Waals surface area contributed by atoms with Gasteiger partial charge in [-0.2, -0.15) is 0 Å². The van der Waals surface area contributed by atoms with Gasteiger partial charge in [0, 0.05) is 12.5 Å². The van der Waals surface area contributed by atoms with Gasteiger partial charge in [-0.1, -0.05) is 69.9 Å². The van der Waals surface area contributed by atoms with Crippen molar-refractivity contribution >= 4 is 11.9 Å². The number of allylic oxidation sites excluding steroid dienone is 4. The van der Waals surface area contributed by atoms with Crippen molar-refractivity contribution in [3.63, 3.8) is 0 Å². The first-order valence-electron chi connectivity index (χ1n) is 10.5. The molecule has 0 amide bonds. The molecule has 0 radical (unpaired) electrons. The van der Waals surface area contributed by atoms with Crippen LogP contribution in [0.2, 0.25) is 0 Å². The van der Waals surface area contributed by atoms with Crippen LogP contribution >= 0.6 is 0 Å². The molecular weight excluding hydrogens is 340 g/mol. The van der Waals surface area contributed by atoms with E-state index in [1.54, 1.807) is 0 Å². The minimum absolute atomic E-state index is 0.0821. The molecule has 0 spiro atoms. The highest BCUT2D eigenvalue weighted by Crippen LogP contribution is 2.08. The maximum atomic E-state index is 11.5. The maximum Gasteiger partial charge on any atom is 0.330 e. The number of unbranched alkanes of at least 4 members (excludes halogenated alkanes) is 8. The largest absolute Gasteiger partial charge is 0.462 e. The van der Waals surface area contributed by atoms with Crippen LogP contribution in [-0.2, 0) is 19.1 Å². The van der Waals surface area contributed by atoms with E-state index in [4.69, 9.17) is 9.47 Å². The predicted octanol–water partition coefficient (Wildman–Crippen LogP) is 6.07. The number of rotatable bonds is 18. The molecule has 0 aliphatic rings. The minimum Gasteiger partial charge on any atom is -0.462 e. The molecule has 0 aliphatic carbocycles. The average molecular weight is 379 g/mol. The van der Waals surface area contributed by atoms with E-state index in [0.29, 0.717) is 6.42 Å². The zero-order valence-corrected chi connectivity index (χ0v) is 17.1. The average Bonchev–Trinajstić information content (AvgIpc) is 2.68. The summed E-state index contributed by atoms with van der Waals surface area (Å²) in [7, 11) is 0. The first-order valence-corrected chi connectivity index (χ1v) is 10.5. The van der Waals surface area contributed by atoms with Gasteiger partial charge in [0.2, 0.25) is 0 Å². The molecule has 0 unspecified atom stereocenters. The fourth-order valence-electron chi connectivity index (χ4n) is 2.51. The van der Waals surface area contributed by atoms with Crippen molar-refractivity contribution in [2.75, 3.05) is 13.2 Å². The van der Waals surface area contributed by atoms with Gasteiger partial charge < -0.3 is 9.47 Å². The summed E-state index contributed by atoms with van der Waals surface area (Å²) >= 11 is 0. The van der Waals surface area contributed by atoms with Crippen LogP contribution < -0.4 is 0 Å². The number of ether oxygens (including phenoxy) is 2. The lowest BCUT2D eigenvalue weighted by atomic mass is 10.1. The fraction of sp³-hybridized carbons (Fsp3) is 0.652. The van der Waals surface area contributed by atoms with Gasteiger partial charge in [-0.15, -0.1) is 0 Å². The Morgan fingerprint density at radius 3 is 2.04 bits per heavy atom. The number of carbonyl (C=O) groups is 2. The zero-order chi connectivity index (χ0) is 20.0. The molecule has 0 N–H and O–H groups in total. The molecular formula is C23H38O4. The van der Waals surface area contributed by atoms with Gasteiger partial charge in [0.15, 0.2) is 0 Å². The van der Waals surface area contributed by atoms with Gasteiger partial charge >= 0.3 is 11.9 Å². The van der Waals surface area contributed by atoms with E-state index in [-0.39, 0.29) is 19.2 Å². The van der Waals surface area contributed by atoms with Crippen molar-refractivity contribution in [1.82, 2.24) is 0 Å². The van der Waals surface area contributed by atoms with E-state index in [2.05, 4.69) is 37.8 Å². The summed E-state index contributed by atoms with van der Waals surface area (Å²) in [4.78, 5) is 22.3. The molecule has 0 aliphatic heterocycles. The Bertz CT molecular complexity index is 438. The van der Waals surface area contributed by atoms with Gasteiger partial charge in [0.1, 0.15) is 13.2 Å². The van der Waals surface area contributed by atoms with Crippen LogP contribution in [0.4, 0.5) is 0 Å². The Kier molecular flexibility index (Phi) is 19.1. The Hall–Kier alpha value is -1.84. The van der Waals surface area contributed by atoms with Gasteiger partial charge in [-0.25, -0.2) is 4.79 Å². The fourth-order valence-corrected chi connectivity index (χ4v) is 2.51. The van der Waals surface area contributed by atoms with Crippen LogP contribution in [0.3, 0.4) is 0 Å². The van der Waals surface area contributed by atoms with Crippen LogP contribution in [0.1, 0.15) is 84.0 Å². The van der Waals surface area contributed by atoms with Crippen LogP contribution in [-0.4, -0.2) is 25.2 Å². The summed E-state index contributed by atoms with van der Waals surface area (Å²) in [6, 6.07) is 0. The van der Waals surface area contributed by atoms with E-state index in [1.165, 1.54) is 38.5 Å². The molecule has 0 fully saturated rings. The summed E-state index contributed by atoms with van der Waals surface area (Å²) in [5.41, 5.74) is 0. The molecule has 27 heavy (non-hydrogen) atoms. The van der Waals surface area contributed by atoms with Crippen LogP contribution in [0, 0.1) is 0 Å². The molecule has 4 heteroatoms. The normalized spacial score (nSPS) is 11.1. The third-order valence-electron chi connectivity index (χ3n) is 4.09. The lowest BCUT2D eigenvalue weighted by molar-refractivity contribution is -0.149. The molecule has 0 atom stereocenters. The van der Waals surface area contributed by atoms with E-state index >= 15 is 0 Å². The van der Waals surface area contributed by atoms with E-state index < -0.39 is 5.97 Å². The number of hydrogen-bond acceptors (Lipinski definition) is 4. The highest BCUT2D eigenvalue weighted by atomic mass is 16.6. The summed E-state index contributed by atoms with van der Waals surface area (Å²) in [6.45, 7) is 5.71. The predicted molar refractivity (Wildman–Crippen MR) is 111 cm³/mol. The highest BCUT2D eigenvalue weighted by Gasteiger charge is 2.03. The minimum atomic E-state index is -0.500. The lowest BCUT2D eigenvalue weighted by Crippen LogP contribution is -2.12. The van der Waals surface area contributed by atoms with Crippen LogP contribution in [0.15, 0.2) is 37.0 Å². The summed E-state index contributed by atoms with van der Waals surface area (Å²) in [6.07, 6.45) is 23.3. The SMILES string of the molecule is C=CC(=O)OCCOC(=O)CCCCCCC/C=C\C/C=C\CCCCC. The summed E-state index contributed by atoms with van der Waals surface area (Å²) in [5, 5.41) is 0. The van der Waals surface area contributed by atoms with Crippen molar-refractivity contribution in [2.24, 2.45) is 0 Å². The number of esters is 2. The third kappa shape index (κ3) is 20.3. The van der Waals surface area contributed by atoms with Crippen molar-refractivity contribution in [3.05, 3.63) is 37.0 Å². The first kappa shape index (κ1) is 25.2. The third-order valence-corrected chi connectivity index (χ3v) is 4.09. The lowest BCUT2D eigenvalue weighted by Gasteiger charge is -2.05. The van der Waals surface area contributed by atoms with Gasteiger partial charge in [0.25, 0.3) is 0 Å². The Morgan fingerprint density at radius 2 is 1.37 bits per heavy atom. The van der Waals surface area contributed by atoms with Crippen LogP contribution in [0.5, 0.6) is 0 Å². The highest BCUT2D eigenvalue weighted by molar-refractivity contribution is 5.81. The van der Waals surface area contributed by atoms with Gasteiger partial charge in [-0.3, -0.25) is 4.79 Å². The van der Waals surface area contributed by atoms with Crippen LogP contribution in [0.25, 0.3) is 0 Å². The van der Waals surface area contributed by atoms with E-state index in [9.17, 15) is 9.59 Å². The standard InChI is InChI=1S/C23H38O4/c1-3-5-6-7-8-9-10-11-12-13-14-15-16-17-18-19-23(25)27-21-20-26-22(24)4-2/h4,8-9,11-12H,2-3,5-7,10,13-21H2,1H3/b9-8-,12-11-. The maximum absolute atomic E-state index is 11.5. The molecule has 0 rings (SSSR count). The second-order valence-electron chi connectivity index (χ2n) is 6.57. The molecule has 154 valence electrons. The summed E-state index contributed by atoms with van der Waals surface area (Å²) < 4.78 is 9.72. The monoisotopic (exact) mass is 378 g/mol. The first-order chi connectivity index (χ1) is 13.2. The Balaban J connectivity index is 3.32. The van der Waals surface area contributed by atoms with E-state index in [1.807, 2.05) is 0 Å². The van der Waals surface area contributed by atoms with Crippen molar-refractivity contribution in [1.29, 1.82) is 0 Å². The smallest absolute Gasteiger partial charge is 0.330 e. The summed E-state index contributed by atoms with van der Waals surface area (Å²) in [5.74, 6) is -0.727. The molecule has 0 aromatic heterocycles. The second kappa shape index (κ2) is 20.5. The molecule has 0 aromatic rings. The van der Waals surface area contributed by atoms with Crippen molar-refractivity contribution in [3.8, 4) is 0 Å². The molecule has 4 nitrogen and oxygen atoms in total. The number of carbonyl (C=O) groups excluding carboxylic acids is 2. The molecule has 0 heterocycles. The molecule has 0 saturated carbocycles. The topological polar surface area (TPSA) is 52.6 Å². The quantitative estimate of drug-likeness (QED) is 0.126. The molecule has 0 saturated heterocycles. The number of hydrogen-bond donors (Lipinski definition) is 0. The molecule has 0 aromatic carbocycles. The second-order valence-corrected chi connectivity index (χ2v) is 6.57. The van der Waals surface area contributed by atoms with Gasteiger partial charge in [-0.05, 0) is 38.5 Å². The Morgan fingerprint density at radius 1 is 0.778 bits per heavy atom. The molecule has 0 bridgehead atoms.